The minimum Gasteiger partial charge on any atom is -0.463 e. The number of carbonyl (C=O) groups is 1. The Hall–Kier alpha value is -1.05. The molecule has 0 atom stereocenters. The van der Waals surface area contributed by atoms with Crippen LogP contribution >= 0.6 is 0 Å². The van der Waals surface area contributed by atoms with E-state index in [4.69, 9.17) is 4.74 Å². The minimum atomic E-state index is -0.197. The molecule has 0 aromatic rings. The molecule has 0 radical (unpaired) electrons. The molecule has 0 saturated carbocycles. The molecule has 78 valence electrons. The van der Waals surface area contributed by atoms with Crippen molar-refractivity contribution < 1.29 is 9.53 Å². The maximum atomic E-state index is 11.2. The average molecular weight is 194 g/mol. The van der Waals surface area contributed by atoms with E-state index in [2.05, 4.69) is 13.0 Å². The van der Waals surface area contributed by atoms with Gasteiger partial charge in [-0.2, -0.15) is 0 Å². The highest BCUT2D eigenvalue weighted by Gasteiger charge is 2.06. The Morgan fingerprint density at radius 2 is 2.43 bits per heavy atom. The van der Waals surface area contributed by atoms with Gasteiger partial charge in [-0.25, -0.2) is 4.79 Å². The molecule has 1 aliphatic rings. The first-order valence-electron chi connectivity index (χ1n) is 5.24. The molecule has 0 heterocycles. The number of hydrogen-bond donors (Lipinski definition) is 0. The fraction of sp³-hybridized carbons (Fsp3) is 0.583. The van der Waals surface area contributed by atoms with Gasteiger partial charge in [0.1, 0.15) is 0 Å². The molecule has 1 rings (SSSR count). The lowest BCUT2D eigenvalue weighted by molar-refractivity contribution is -0.137. The summed E-state index contributed by atoms with van der Waals surface area (Å²) in [6.07, 6.45) is 8.14. The molecule has 0 saturated heterocycles. The molecule has 0 bridgehead atoms. The highest BCUT2D eigenvalue weighted by Crippen LogP contribution is 2.22. The summed E-state index contributed by atoms with van der Waals surface area (Å²) in [5.41, 5.74) is 2.56. The molecular weight excluding hydrogens is 176 g/mol. The van der Waals surface area contributed by atoms with Gasteiger partial charge in [0.2, 0.25) is 0 Å². The SMILES string of the molecule is CCOC(=O)/C=C1\CCCC=C(C)C1. The van der Waals surface area contributed by atoms with Crippen LogP contribution in [0.4, 0.5) is 0 Å². The molecule has 0 fully saturated rings. The summed E-state index contributed by atoms with van der Waals surface area (Å²) in [5.74, 6) is -0.197. The Morgan fingerprint density at radius 3 is 3.14 bits per heavy atom. The van der Waals surface area contributed by atoms with E-state index >= 15 is 0 Å². The van der Waals surface area contributed by atoms with E-state index in [0.717, 1.165) is 25.7 Å². The zero-order valence-corrected chi connectivity index (χ0v) is 9.01. The van der Waals surface area contributed by atoms with Gasteiger partial charge in [-0.3, -0.25) is 0 Å². The molecule has 1 aliphatic carbocycles. The van der Waals surface area contributed by atoms with Gasteiger partial charge in [0.25, 0.3) is 0 Å². The highest BCUT2D eigenvalue weighted by molar-refractivity contribution is 5.82. The van der Waals surface area contributed by atoms with Crippen LogP contribution < -0.4 is 0 Å². The summed E-state index contributed by atoms with van der Waals surface area (Å²) in [6.45, 7) is 4.40. The lowest BCUT2D eigenvalue weighted by Gasteiger charge is -2.03. The van der Waals surface area contributed by atoms with Crippen LogP contribution in [0.15, 0.2) is 23.3 Å². The van der Waals surface area contributed by atoms with Crippen molar-refractivity contribution in [3.63, 3.8) is 0 Å². The van der Waals surface area contributed by atoms with Crippen LogP contribution in [0.3, 0.4) is 0 Å². The van der Waals surface area contributed by atoms with Crippen molar-refractivity contribution in [2.45, 2.75) is 39.5 Å². The van der Waals surface area contributed by atoms with Crippen LogP contribution in [-0.4, -0.2) is 12.6 Å². The van der Waals surface area contributed by atoms with Crippen molar-refractivity contribution in [3.05, 3.63) is 23.3 Å². The molecule has 0 N–H and O–H groups in total. The standard InChI is InChI=1S/C12H18O2/c1-3-14-12(13)9-11-7-5-4-6-10(2)8-11/h6,9H,3-5,7-8H2,1-2H3/b11-9+. The van der Waals surface area contributed by atoms with Crippen LogP contribution in [0.25, 0.3) is 0 Å². The number of ether oxygens (including phenoxy) is 1. The van der Waals surface area contributed by atoms with Gasteiger partial charge in [-0.05, 0) is 39.5 Å². The Morgan fingerprint density at radius 1 is 1.64 bits per heavy atom. The van der Waals surface area contributed by atoms with E-state index in [1.165, 1.54) is 11.1 Å². The van der Waals surface area contributed by atoms with Crippen LogP contribution in [-0.2, 0) is 9.53 Å². The molecule has 14 heavy (non-hydrogen) atoms. The van der Waals surface area contributed by atoms with E-state index in [-0.39, 0.29) is 5.97 Å². The van der Waals surface area contributed by atoms with E-state index in [0.29, 0.717) is 6.61 Å². The zero-order valence-electron chi connectivity index (χ0n) is 9.01. The minimum absolute atomic E-state index is 0.197. The van der Waals surface area contributed by atoms with Gasteiger partial charge < -0.3 is 4.74 Å². The molecule has 0 amide bonds. The number of hydrogen-bond acceptors (Lipinski definition) is 2. The molecule has 0 aliphatic heterocycles. The number of rotatable bonds is 2. The third kappa shape index (κ3) is 3.77. The molecule has 2 heteroatoms. The van der Waals surface area contributed by atoms with Gasteiger partial charge in [0.05, 0.1) is 6.61 Å². The van der Waals surface area contributed by atoms with Crippen molar-refractivity contribution in [1.82, 2.24) is 0 Å². The topological polar surface area (TPSA) is 26.3 Å². The predicted molar refractivity (Wildman–Crippen MR) is 56.9 cm³/mol. The lowest BCUT2D eigenvalue weighted by Crippen LogP contribution is -2.01. The van der Waals surface area contributed by atoms with Crippen LogP contribution in [0, 0.1) is 0 Å². The van der Waals surface area contributed by atoms with Gasteiger partial charge in [-0.15, -0.1) is 0 Å². The lowest BCUT2D eigenvalue weighted by atomic mass is 10.1. The summed E-state index contributed by atoms with van der Waals surface area (Å²) in [7, 11) is 0. The Balaban J connectivity index is 2.58. The largest absolute Gasteiger partial charge is 0.463 e. The molecular formula is C12H18O2. The summed E-state index contributed by atoms with van der Waals surface area (Å²) in [5, 5.41) is 0. The monoisotopic (exact) mass is 194 g/mol. The Kier molecular flexibility index (Phi) is 4.44. The number of carbonyl (C=O) groups excluding carboxylic acids is 1. The zero-order chi connectivity index (χ0) is 10.4. The third-order valence-corrected chi connectivity index (χ3v) is 2.31. The van der Waals surface area contributed by atoms with Crippen LogP contribution in [0.2, 0.25) is 0 Å². The summed E-state index contributed by atoms with van der Waals surface area (Å²) in [6, 6.07) is 0. The Bertz CT molecular complexity index is 261. The number of allylic oxidation sites excluding steroid dienone is 3. The van der Waals surface area contributed by atoms with Crippen molar-refractivity contribution >= 4 is 5.97 Å². The summed E-state index contributed by atoms with van der Waals surface area (Å²) < 4.78 is 4.89. The van der Waals surface area contributed by atoms with Gasteiger partial charge in [0, 0.05) is 6.08 Å². The van der Waals surface area contributed by atoms with Gasteiger partial charge in [-0.1, -0.05) is 17.2 Å². The van der Waals surface area contributed by atoms with E-state index < -0.39 is 0 Å². The number of esters is 1. The van der Waals surface area contributed by atoms with Gasteiger partial charge >= 0.3 is 5.97 Å². The third-order valence-electron chi connectivity index (χ3n) is 2.31. The second-order valence-corrected chi connectivity index (χ2v) is 3.67. The maximum Gasteiger partial charge on any atom is 0.330 e. The van der Waals surface area contributed by atoms with Crippen molar-refractivity contribution in [1.29, 1.82) is 0 Å². The van der Waals surface area contributed by atoms with Gasteiger partial charge in [0.15, 0.2) is 0 Å². The Labute approximate surface area is 85.6 Å². The van der Waals surface area contributed by atoms with Crippen molar-refractivity contribution in [2.75, 3.05) is 6.61 Å². The molecule has 0 spiro atoms. The first kappa shape index (κ1) is 11.0. The van der Waals surface area contributed by atoms with Crippen LogP contribution in [0.5, 0.6) is 0 Å². The van der Waals surface area contributed by atoms with Crippen molar-refractivity contribution in [3.8, 4) is 0 Å². The average Bonchev–Trinajstić information content (AvgIpc) is 2.30. The molecule has 0 aromatic carbocycles. The van der Waals surface area contributed by atoms with E-state index in [9.17, 15) is 4.79 Å². The molecule has 0 unspecified atom stereocenters. The fourth-order valence-corrected chi connectivity index (χ4v) is 1.67. The summed E-state index contributed by atoms with van der Waals surface area (Å²) in [4.78, 5) is 11.2. The van der Waals surface area contributed by atoms with E-state index in [1.54, 1.807) is 6.08 Å². The van der Waals surface area contributed by atoms with Crippen molar-refractivity contribution in [2.24, 2.45) is 0 Å². The first-order valence-corrected chi connectivity index (χ1v) is 5.24. The second-order valence-electron chi connectivity index (χ2n) is 3.67. The molecule has 0 aromatic heterocycles. The quantitative estimate of drug-likeness (QED) is 0.384. The maximum absolute atomic E-state index is 11.2. The summed E-state index contributed by atoms with van der Waals surface area (Å²) >= 11 is 0. The van der Waals surface area contributed by atoms with Crippen LogP contribution in [0.1, 0.15) is 39.5 Å². The normalized spacial score (nSPS) is 20.1. The molecule has 2 nitrogen and oxygen atoms in total. The predicted octanol–water partition coefficient (Wildman–Crippen LogP) is 3.00. The second kappa shape index (κ2) is 5.63. The smallest absolute Gasteiger partial charge is 0.330 e. The fourth-order valence-electron chi connectivity index (χ4n) is 1.67. The highest BCUT2D eigenvalue weighted by atomic mass is 16.5. The first-order chi connectivity index (χ1) is 6.72. The van der Waals surface area contributed by atoms with E-state index in [1.807, 2.05) is 6.92 Å².